The van der Waals surface area contributed by atoms with E-state index < -0.39 is 0 Å². The number of hydrogen-bond acceptors (Lipinski definition) is 5. The molecular formula is C14H16BrClN4O. The van der Waals surface area contributed by atoms with Gasteiger partial charge < -0.3 is 9.64 Å². The Kier molecular flexibility index (Phi) is 5.36. The molecule has 0 atom stereocenters. The lowest BCUT2D eigenvalue weighted by Crippen LogP contribution is -2.20. The van der Waals surface area contributed by atoms with E-state index in [4.69, 9.17) is 16.3 Å². The molecule has 0 saturated heterocycles. The summed E-state index contributed by atoms with van der Waals surface area (Å²) >= 11 is 9.39. The van der Waals surface area contributed by atoms with E-state index in [0.717, 1.165) is 10.0 Å². The highest BCUT2D eigenvalue weighted by Crippen LogP contribution is 2.18. The topological polar surface area (TPSA) is 51.1 Å². The number of halogens is 2. The average Bonchev–Trinajstić information content (AvgIpc) is 2.37. The molecule has 0 unspecified atom stereocenters. The van der Waals surface area contributed by atoms with Crippen LogP contribution >= 0.6 is 27.5 Å². The number of rotatable bonds is 5. The second-order valence-electron chi connectivity index (χ2n) is 4.84. The number of aromatic nitrogens is 3. The lowest BCUT2D eigenvalue weighted by atomic mass is 10.2. The molecule has 0 saturated carbocycles. The highest BCUT2D eigenvalue weighted by atomic mass is 79.9. The van der Waals surface area contributed by atoms with Crippen molar-refractivity contribution in [3.8, 4) is 6.01 Å². The number of hydrogen-bond donors (Lipinski definition) is 0. The van der Waals surface area contributed by atoms with Crippen LogP contribution in [0.4, 0.5) is 5.95 Å². The summed E-state index contributed by atoms with van der Waals surface area (Å²) in [5, 5.41) is 0.122. The first-order valence-electron chi connectivity index (χ1n) is 6.48. The monoisotopic (exact) mass is 370 g/mol. The quantitative estimate of drug-likeness (QED) is 0.802. The van der Waals surface area contributed by atoms with Crippen molar-refractivity contribution in [2.24, 2.45) is 0 Å². The zero-order valence-corrected chi connectivity index (χ0v) is 14.4. The Bertz CT molecular complexity index is 624. The summed E-state index contributed by atoms with van der Waals surface area (Å²) in [6.45, 7) is 4.46. The van der Waals surface area contributed by atoms with Crippen LogP contribution in [0.1, 0.15) is 19.4 Å². The van der Waals surface area contributed by atoms with Gasteiger partial charge in [0.05, 0.1) is 6.10 Å². The normalized spacial score (nSPS) is 10.8. The number of nitrogens with zero attached hydrogens (tertiary/aromatic N) is 4. The zero-order chi connectivity index (χ0) is 15.4. The van der Waals surface area contributed by atoms with Crippen molar-refractivity contribution in [2.45, 2.75) is 26.5 Å². The highest BCUT2D eigenvalue weighted by molar-refractivity contribution is 9.10. The molecule has 0 aliphatic rings. The first kappa shape index (κ1) is 16.0. The molecule has 1 aromatic carbocycles. The van der Waals surface area contributed by atoms with Crippen molar-refractivity contribution in [3.05, 3.63) is 39.6 Å². The van der Waals surface area contributed by atoms with Crippen LogP contribution in [0.3, 0.4) is 0 Å². The Labute approximate surface area is 137 Å². The van der Waals surface area contributed by atoms with Gasteiger partial charge in [0.25, 0.3) is 0 Å². The smallest absolute Gasteiger partial charge is 0.322 e. The molecule has 1 heterocycles. The van der Waals surface area contributed by atoms with Gasteiger partial charge in [-0.1, -0.05) is 28.1 Å². The van der Waals surface area contributed by atoms with Crippen LogP contribution in [-0.4, -0.2) is 28.1 Å². The first-order valence-corrected chi connectivity index (χ1v) is 7.65. The van der Waals surface area contributed by atoms with Crippen molar-refractivity contribution in [3.63, 3.8) is 0 Å². The molecule has 0 fully saturated rings. The summed E-state index contributed by atoms with van der Waals surface area (Å²) in [5.41, 5.74) is 1.13. The lowest BCUT2D eigenvalue weighted by molar-refractivity contribution is 0.221. The molecule has 0 aliphatic heterocycles. The molecule has 21 heavy (non-hydrogen) atoms. The number of ether oxygens (including phenoxy) is 1. The molecule has 0 amide bonds. The minimum atomic E-state index is -0.0216. The minimum absolute atomic E-state index is 0.0216. The third-order valence-electron chi connectivity index (χ3n) is 2.57. The SMILES string of the molecule is CC(C)Oc1nc(Cl)nc(N(C)Cc2cccc(Br)c2)n1. The predicted molar refractivity (Wildman–Crippen MR) is 86.9 cm³/mol. The van der Waals surface area contributed by atoms with Gasteiger partial charge in [0.15, 0.2) is 0 Å². The Hall–Kier alpha value is -1.40. The standard InChI is InChI=1S/C14H16BrClN4O/c1-9(2)21-14-18-12(16)17-13(19-14)20(3)8-10-5-4-6-11(15)7-10/h4-7,9H,8H2,1-3H3. The summed E-state index contributed by atoms with van der Waals surface area (Å²) in [6, 6.07) is 8.29. The Morgan fingerprint density at radius 2 is 2.05 bits per heavy atom. The van der Waals surface area contributed by atoms with Crippen LogP contribution in [0.5, 0.6) is 6.01 Å². The summed E-state index contributed by atoms with van der Waals surface area (Å²) < 4.78 is 6.51. The van der Waals surface area contributed by atoms with Crippen LogP contribution in [0, 0.1) is 0 Å². The van der Waals surface area contributed by atoms with Crippen molar-refractivity contribution < 1.29 is 4.74 Å². The van der Waals surface area contributed by atoms with Gasteiger partial charge in [0.2, 0.25) is 11.2 Å². The van der Waals surface area contributed by atoms with Crippen molar-refractivity contribution >= 4 is 33.5 Å². The van der Waals surface area contributed by atoms with Crippen LogP contribution < -0.4 is 9.64 Å². The molecule has 0 aliphatic carbocycles. The second-order valence-corrected chi connectivity index (χ2v) is 6.09. The zero-order valence-electron chi connectivity index (χ0n) is 12.0. The molecule has 5 nitrogen and oxygen atoms in total. The van der Waals surface area contributed by atoms with Crippen molar-refractivity contribution in [1.82, 2.24) is 15.0 Å². The van der Waals surface area contributed by atoms with Gasteiger partial charge in [0, 0.05) is 18.1 Å². The van der Waals surface area contributed by atoms with Crippen molar-refractivity contribution in [2.75, 3.05) is 11.9 Å². The van der Waals surface area contributed by atoms with Crippen LogP contribution in [0.2, 0.25) is 5.28 Å². The van der Waals surface area contributed by atoms with Gasteiger partial charge in [0.1, 0.15) is 0 Å². The van der Waals surface area contributed by atoms with E-state index in [1.165, 1.54) is 0 Å². The van der Waals surface area contributed by atoms with Gasteiger partial charge in [-0.15, -0.1) is 0 Å². The second kappa shape index (κ2) is 7.04. The summed E-state index contributed by atoms with van der Waals surface area (Å²) in [5.74, 6) is 0.477. The third-order valence-corrected chi connectivity index (χ3v) is 3.23. The molecule has 0 bridgehead atoms. The van der Waals surface area contributed by atoms with E-state index in [1.54, 1.807) is 0 Å². The van der Waals surface area contributed by atoms with Gasteiger partial charge in [-0.2, -0.15) is 15.0 Å². The summed E-state index contributed by atoms with van der Waals surface area (Å²) in [6.07, 6.45) is -0.0216. The molecule has 7 heteroatoms. The highest BCUT2D eigenvalue weighted by Gasteiger charge is 2.12. The molecule has 112 valence electrons. The predicted octanol–water partition coefficient (Wildman–Crippen LogP) is 3.71. The minimum Gasteiger partial charge on any atom is -0.461 e. The maximum Gasteiger partial charge on any atom is 0.322 e. The largest absolute Gasteiger partial charge is 0.461 e. The van der Waals surface area contributed by atoms with E-state index in [2.05, 4.69) is 30.9 Å². The Morgan fingerprint density at radius 1 is 1.29 bits per heavy atom. The molecule has 2 aromatic rings. The van der Waals surface area contributed by atoms with E-state index in [1.807, 2.05) is 50.1 Å². The third kappa shape index (κ3) is 4.82. The maximum absolute atomic E-state index is 5.93. The maximum atomic E-state index is 5.93. The van der Waals surface area contributed by atoms with Crippen LogP contribution in [-0.2, 0) is 6.54 Å². The molecule has 0 N–H and O–H groups in total. The average molecular weight is 372 g/mol. The molecule has 2 rings (SSSR count). The van der Waals surface area contributed by atoms with Gasteiger partial charge in [-0.05, 0) is 43.1 Å². The Balaban J connectivity index is 2.18. The fraction of sp³-hybridized carbons (Fsp3) is 0.357. The number of benzene rings is 1. The fourth-order valence-electron chi connectivity index (χ4n) is 1.74. The molecule has 0 radical (unpaired) electrons. The van der Waals surface area contributed by atoms with Gasteiger partial charge in [-0.3, -0.25) is 0 Å². The van der Waals surface area contributed by atoms with Crippen LogP contribution in [0.15, 0.2) is 28.7 Å². The molecule has 1 aromatic heterocycles. The van der Waals surface area contributed by atoms with Crippen LogP contribution in [0.25, 0.3) is 0 Å². The van der Waals surface area contributed by atoms with E-state index in [-0.39, 0.29) is 17.4 Å². The van der Waals surface area contributed by atoms with E-state index in [0.29, 0.717) is 12.5 Å². The first-order chi connectivity index (χ1) is 9.94. The van der Waals surface area contributed by atoms with E-state index >= 15 is 0 Å². The summed E-state index contributed by atoms with van der Waals surface area (Å²) in [7, 11) is 1.89. The number of anilines is 1. The molecular weight excluding hydrogens is 356 g/mol. The van der Waals surface area contributed by atoms with Gasteiger partial charge >= 0.3 is 6.01 Å². The fourth-order valence-corrected chi connectivity index (χ4v) is 2.33. The van der Waals surface area contributed by atoms with E-state index in [9.17, 15) is 0 Å². The Morgan fingerprint density at radius 3 is 2.71 bits per heavy atom. The van der Waals surface area contributed by atoms with Crippen molar-refractivity contribution in [1.29, 1.82) is 0 Å². The van der Waals surface area contributed by atoms with Gasteiger partial charge in [-0.25, -0.2) is 0 Å². The lowest BCUT2D eigenvalue weighted by Gasteiger charge is -2.18. The molecule has 0 spiro atoms. The summed E-state index contributed by atoms with van der Waals surface area (Å²) in [4.78, 5) is 14.3.